The van der Waals surface area contributed by atoms with E-state index >= 15 is 0 Å². The molecule has 1 atom stereocenters. The Morgan fingerprint density at radius 3 is 2.75 bits per heavy atom. The summed E-state index contributed by atoms with van der Waals surface area (Å²) in [5, 5.41) is 3.89. The minimum absolute atomic E-state index is 0.102. The molecule has 1 N–H and O–H groups in total. The summed E-state index contributed by atoms with van der Waals surface area (Å²) in [5.74, 6) is 0.856. The van der Waals surface area contributed by atoms with E-state index in [4.69, 9.17) is 44.3 Å². The molecule has 0 saturated heterocycles. The summed E-state index contributed by atoms with van der Waals surface area (Å²) < 4.78 is 11.0. The van der Waals surface area contributed by atoms with Gasteiger partial charge < -0.3 is 14.8 Å². The van der Waals surface area contributed by atoms with Crippen molar-refractivity contribution >= 4 is 40.7 Å². The maximum absolute atomic E-state index is 12.2. The van der Waals surface area contributed by atoms with Crippen LogP contribution in [0, 0.1) is 0 Å². The Kier molecular flexibility index (Phi) is 5.39. The SMILES string of the molecule is O=C(COc1cc(Cl)c(Cl)cc1Cl)NC1CCOc2ccccc21. The van der Waals surface area contributed by atoms with E-state index in [0.29, 0.717) is 33.8 Å². The summed E-state index contributed by atoms with van der Waals surface area (Å²) >= 11 is 17.8. The highest BCUT2D eigenvalue weighted by molar-refractivity contribution is 6.43. The predicted octanol–water partition coefficient (Wildman–Crippen LogP) is 4.67. The first-order chi connectivity index (χ1) is 11.5. The number of halogens is 3. The van der Waals surface area contributed by atoms with E-state index < -0.39 is 0 Å². The van der Waals surface area contributed by atoms with Gasteiger partial charge in [0.05, 0.1) is 27.7 Å². The van der Waals surface area contributed by atoms with Crippen molar-refractivity contribution in [3.63, 3.8) is 0 Å². The van der Waals surface area contributed by atoms with Gasteiger partial charge in [-0.1, -0.05) is 53.0 Å². The fourth-order valence-corrected chi connectivity index (χ4v) is 3.08. The van der Waals surface area contributed by atoms with Crippen LogP contribution in [-0.2, 0) is 4.79 Å². The van der Waals surface area contributed by atoms with Crippen molar-refractivity contribution in [2.75, 3.05) is 13.2 Å². The smallest absolute Gasteiger partial charge is 0.258 e. The molecule has 1 aliphatic rings. The van der Waals surface area contributed by atoms with Crippen molar-refractivity contribution in [1.29, 1.82) is 0 Å². The van der Waals surface area contributed by atoms with Crippen LogP contribution in [0.4, 0.5) is 0 Å². The Morgan fingerprint density at radius 1 is 1.17 bits per heavy atom. The number of carbonyl (C=O) groups excluding carboxylic acids is 1. The van der Waals surface area contributed by atoms with Gasteiger partial charge in [-0.15, -0.1) is 0 Å². The molecule has 24 heavy (non-hydrogen) atoms. The van der Waals surface area contributed by atoms with Gasteiger partial charge in [0.25, 0.3) is 5.91 Å². The number of hydrogen-bond donors (Lipinski definition) is 1. The Hall–Kier alpha value is -1.62. The molecule has 0 saturated carbocycles. The molecule has 1 aliphatic heterocycles. The van der Waals surface area contributed by atoms with E-state index in [1.165, 1.54) is 12.1 Å². The van der Waals surface area contributed by atoms with Gasteiger partial charge >= 0.3 is 0 Å². The summed E-state index contributed by atoms with van der Waals surface area (Å²) in [7, 11) is 0. The van der Waals surface area contributed by atoms with Gasteiger partial charge in [0.15, 0.2) is 6.61 Å². The van der Waals surface area contributed by atoms with Gasteiger partial charge in [0.2, 0.25) is 0 Å². The van der Waals surface area contributed by atoms with Crippen LogP contribution in [0.2, 0.25) is 15.1 Å². The van der Waals surface area contributed by atoms with E-state index in [-0.39, 0.29) is 18.6 Å². The van der Waals surface area contributed by atoms with E-state index in [1.54, 1.807) is 0 Å². The van der Waals surface area contributed by atoms with Crippen LogP contribution in [0.1, 0.15) is 18.0 Å². The molecular weight excluding hydrogens is 373 g/mol. The van der Waals surface area contributed by atoms with Gasteiger partial charge in [0, 0.05) is 18.1 Å². The standard InChI is InChI=1S/C17H14Cl3NO3/c18-11-7-13(20)16(8-12(11)19)24-9-17(22)21-14-5-6-23-15-4-2-1-3-10(14)15/h1-4,7-8,14H,5-6,9H2,(H,21,22). The topological polar surface area (TPSA) is 47.6 Å². The van der Waals surface area contributed by atoms with Gasteiger partial charge in [-0.2, -0.15) is 0 Å². The molecule has 7 heteroatoms. The van der Waals surface area contributed by atoms with Crippen LogP contribution in [0.5, 0.6) is 11.5 Å². The minimum Gasteiger partial charge on any atom is -0.493 e. The summed E-state index contributed by atoms with van der Waals surface area (Å²) in [5.41, 5.74) is 0.963. The first kappa shape index (κ1) is 17.2. The molecule has 1 unspecified atom stereocenters. The van der Waals surface area contributed by atoms with Gasteiger partial charge in [-0.05, 0) is 12.1 Å². The van der Waals surface area contributed by atoms with E-state index in [9.17, 15) is 4.79 Å². The second kappa shape index (κ2) is 7.51. The monoisotopic (exact) mass is 385 g/mol. The quantitative estimate of drug-likeness (QED) is 0.777. The molecule has 0 aromatic heterocycles. The zero-order chi connectivity index (χ0) is 17.1. The molecule has 2 aromatic carbocycles. The minimum atomic E-state index is -0.251. The van der Waals surface area contributed by atoms with Crippen molar-refractivity contribution in [1.82, 2.24) is 5.32 Å². The molecule has 2 aromatic rings. The van der Waals surface area contributed by atoms with Gasteiger partial charge in [0.1, 0.15) is 11.5 Å². The number of hydrogen-bond acceptors (Lipinski definition) is 3. The number of carbonyl (C=O) groups is 1. The van der Waals surface area contributed by atoms with E-state index in [2.05, 4.69) is 5.32 Å². The fraction of sp³-hybridized carbons (Fsp3) is 0.235. The Balaban J connectivity index is 1.62. The molecule has 0 bridgehead atoms. The van der Waals surface area contributed by atoms with Crippen LogP contribution in [0.3, 0.4) is 0 Å². The normalized spacial score (nSPS) is 16.0. The molecule has 126 valence electrons. The number of ether oxygens (including phenoxy) is 2. The van der Waals surface area contributed by atoms with E-state index in [1.807, 2.05) is 24.3 Å². The van der Waals surface area contributed by atoms with Crippen LogP contribution >= 0.6 is 34.8 Å². The number of fused-ring (bicyclic) bond motifs is 1. The van der Waals surface area contributed by atoms with Crippen molar-refractivity contribution in [3.05, 3.63) is 57.0 Å². The average molecular weight is 387 g/mol. The Labute approximate surface area is 154 Å². The highest BCUT2D eigenvalue weighted by Crippen LogP contribution is 2.34. The third-order valence-corrected chi connectivity index (χ3v) is 4.64. The lowest BCUT2D eigenvalue weighted by atomic mass is 10.0. The predicted molar refractivity (Wildman–Crippen MR) is 94.4 cm³/mol. The molecule has 0 spiro atoms. The average Bonchev–Trinajstić information content (AvgIpc) is 2.57. The number of rotatable bonds is 4. The van der Waals surface area contributed by atoms with Crippen molar-refractivity contribution in [3.8, 4) is 11.5 Å². The maximum atomic E-state index is 12.2. The molecule has 1 amide bonds. The van der Waals surface area contributed by atoms with E-state index in [0.717, 1.165) is 11.3 Å². The van der Waals surface area contributed by atoms with Crippen LogP contribution in [0.15, 0.2) is 36.4 Å². The molecule has 4 nitrogen and oxygen atoms in total. The molecule has 0 radical (unpaired) electrons. The summed E-state index contributed by atoms with van der Waals surface area (Å²) in [6.07, 6.45) is 0.705. The molecule has 0 fully saturated rings. The van der Waals surface area contributed by atoms with Crippen LogP contribution < -0.4 is 14.8 Å². The second-order valence-electron chi connectivity index (χ2n) is 5.28. The number of para-hydroxylation sites is 1. The highest BCUT2D eigenvalue weighted by Gasteiger charge is 2.22. The first-order valence-corrected chi connectivity index (χ1v) is 8.46. The first-order valence-electron chi connectivity index (χ1n) is 7.33. The Bertz CT molecular complexity index is 767. The Morgan fingerprint density at radius 2 is 1.92 bits per heavy atom. The molecule has 1 heterocycles. The molecule has 0 aliphatic carbocycles. The van der Waals surface area contributed by atoms with Crippen LogP contribution in [0.25, 0.3) is 0 Å². The largest absolute Gasteiger partial charge is 0.493 e. The lowest BCUT2D eigenvalue weighted by Crippen LogP contribution is -2.35. The maximum Gasteiger partial charge on any atom is 0.258 e. The number of benzene rings is 2. The number of nitrogens with one attached hydrogen (secondary N) is 1. The van der Waals surface area contributed by atoms with Crippen molar-refractivity contribution < 1.29 is 14.3 Å². The van der Waals surface area contributed by atoms with Gasteiger partial charge in [-0.3, -0.25) is 4.79 Å². The third-order valence-electron chi connectivity index (χ3n) is 3.63. The summed E-state index contributed by atoms with van der Waals surface area (Å²) in [4.78, 5) is 12.2. The van der Waals surface area contributed by atoms with Gasteiger partial charge in [-0.25, -0.2) is 0 Å². The summed E-state index contributed by atoms with van der Waals surface area (Å²) in [6, 6.07) is 10.5. The molecule has 3 rings (SSSR count). The summed E-state index contributed by atoms with van der Waals surface area (Å²) in [6.45, 7) is 0.388. The zero-order valence-electron chi connectivity index (χ0n) is 12.5. The molecular formula is C17H14Cl3NO3. The van der Waals surface area contributed by atoms with Crippen molar-refractivity contribution in [2.24, 2.45) is 0 Å². The lowest BCUT2D eigenvalue weighted by Gasteiger charge is -2.26. The lowest BCUT2D eigenvalue weighted by molar-refractivity contribution is -0.124. The highest BCUT2D eigenvalue weighted by atomic mass is 35.5. The zero-order valence-corrected chi connectivity index (χ0v) is 14.8. The fourth-order valence-electron chi connectivity index (χ4n) is 2.49. The number of amides is 1. The third kappa shape index (κ3) is 3.89. The van der Waals surface area contributed by atoms with Crippen molar-refractivity contribution in [2.45, 2.75) is 12.5 Å². The van der Waals surface area contributed by atoms with Crippen LogP contribution in [-0.4, -0.2) is 19.1 Å². The second-order valence-corrected chi connectivity index (χ2v) is 6.50.